The zero-order chi connectivity index (χ0) is 34.1. The quantitative estimate of drug-likeness (QED) is 0.0643. The van der Waals surface area contributed by atoms with Crippen molar-refractivity contribution in [2.24, 2.45) is 22.9 Å². The van der Waals surface area contributed by atoms with Gasteiger partial charge in [-0.25, -0.2) is 0 Å². The van der Waals surface area contributed by atoms with Crippen LogP contribution in [0.2, 0.25) is 0 Å². The summed E-state index contributed by atoms with van der Waals surface area (Å²) in [5, 5.41) is 19.9. The third kappa shape index (κ3) is 15.4. The first kappa shape index (κ1) is 37.4. The van der Waals surface area contributed by atoms with E-state index in [-0.39, 0.29) is 19.3 Å². The summed E-state index contributed by atoms with van der Waals surface area (Å²) in [5.41, 5.74) is 21.6. The molecule has 8 amide bonds. The van der Waals surface area contributed by atoms with Crippen LogP contribution in [0.15, 0.2) is 30.3 Å². The lowest BCUT2D eigenvalue weighted by Gasteiger charge is -2.23. The van der Waals surface area contributed by atoms with Crippen LogP contribution in [0.25, 0.3) is 0 Å². The molecular weight excluding hydrogens is 598 g/mol. The van der Waals surface area contributed by atoms with Crippen LogP contribution < -0.4 is 49.5 Å². The predicted molar refractivity (Wildman–Crippen MR) is 154 cm³/mol. The second-order valence-corrected chi connectivity index (χ2v) is 9.71. The van der Waals surface area contributed by atoms with E-state index in [0.717, 1.165) is 0 Å². The van der Waals surface area contributed by atoms with E-state index in [1.807, 2.05) is 5.32 Å². The number of carboxylic acids is 1. The minimum Gasteiger partial charge on any atom is -0.480 e. The van der Waals surface area contributed by atoms with Crippen LogP contribution in [0.5, 0.6) is 0 Å². The van der Waals surface area contributed by atoms with Crippen LogP contribution in [0.4, 0.5) is 0 Å². The third-order valence-corrected chi connectivity index (χ3v) is 5.88. The molecule has 4 atom stereocenters. The van der Waals surface area contributed by atoms with Gasteiger partial charge in [-0.05, 0) is 12.0 Å². The van der Waals surface area contributed by atoms with Crippen molar-refractivity contribution in [1.29, 1.82) is 0 Å². The molecule has 45 heavy (non-hydrogen) atoms. The van der Waals surface area contributed by atoms with Crippen LogP contribution in [-0.2, 0) is 49.6 Å². The molecule has 19 heteroatoms. The Bertz CT molecular complexity index is 1270. The number of benzene rings is 1. The number of primary amides is 3. The standard InChI is InChI=1S/C26H37N9O10/c27-14(9-19(29)37)23(42)35-16(8-13-4-2-1-3-5-13)25(44)31-11-21(39)33-17(10-20(30)38)26(45)34-15(6-7-18(28)36)24(43)32-12-22(40)41/h1-5,14-17H,6-12,27H2,(H2,28,36)(H2,29,37)(H2,30,38)(H,31,44)(H,32,43)(H,33,39)(H,34,45)(H,35,42)(H,40,41)/t14-,15-,16-,17-/m0/s1. The molecule has 0 bridgehead atoms. The number of amides is 8. The van der Waals surface area contributed by atoms with E-state index in [1.54, 1.807) is 30.3 Å². The van der Waals surface area contributed by atoms with Gasteiger partial charge >= 0.3 is 5.97 Å². The van der Waals surface area contributed by atoms with E-state index in [4.69, 9.17) is 28.0 Å². The van der Waals surface area contributed by atoms with Crippen molar-refractivity contribution in [2.75, 3.05) is 13.1 Å². The zero-order valence-electron chi connectivity index (χ0n) is 24.1. The summed E-state index contributed by atoms with van der Waals surface area (Å²) >= 11 is 0. The first-order valence-corrected chi connectivity index (χ1v) is 13.4. The highest BCUT2D eigenvalue weighted by Gasteiger charge is 2.29. The maximum atomic E-state index is 13.0. The molecule has 0 aliphatic rings. The highest BCUT2D eigenvalue weighted by atomic mass is 16.4. The summed E-state index contributed by atoms with van der Waals surface area (Å²) in [6.07, 6.45) is -1.97. The largest absolute Gasteiger partial charge is 0.480 e. The molecule has 19 nitrogen and oxygen atoms in total. The second-order valence-electron chi connectivity index (χ2n) is 9.71. The summed E-state index contributed by atoms with van der Waals surface area (Å²) in [7, 11) is 0. The molecule has 0 saturated carbocycles. The monoisotopic (exact) mass is 635 g/mol. The molecule has 1 aromatic carbocycles. The Morgan fingerprint density at radius 3 is 1.76 bits per heavy atom. The van der Waals surface area contributed by atoms with Crippen LogP contribution >= 0.6 is 0 Å². The molecule has 0 unspecified atom stereocenters. The fourth-order valence-electron chi connectivity index (χ4n) is 3.71. The van der Waals surface area contributed by atoms with Gasteiger partial charge in [-0.1, -0.05) is 30.3 Å². The van der Waals surface area contributed by atoms with E-state index in [2.05, 4.69) is 21.3 Å². The van der Waals surface area contributed by atoms with Crippen molar-refractivity contribution in [1.82, 2.24) is 26.6 Å². The topological polar surface area (TPSA) is 338 Å². The van der Waals surface area contributed by atoms with E-state index < -0.39 is 103 Å². The Morgan fingerprint density at radius 2 is 1.20 bits per heavy atom. The number of aliphatic carboxylic acids is 1. The first-order chi connectivity index (χ1) is 21.1. The Hall–Kier alpha value is -5.59. The highest BCUT2D eigenvalue weighted by molar-refractivity contribution is 5.97. The van der Waals surface area contributed by atoms with Crippen molar-refractivity contribution >= 4 is 53.2 Å². The fourth-order valence-corrected chi connectivity index (χ4v) is 3.71. The molecule has 0 aromatic heterocycles. The van der Waals surface area contributed by atoms with Gasteiger partial charge in [0.25, 0.3) is 0 Å². The lowest BCUT2D eigenvalue weighted by molar-refractivity contribution is -0.139. The minimum atomic E-state index is -1.65. The normalized spacial score (nSPS) is 13.1. The highest BCUT2D eigenvalue weighted by Crippen LogP contribution is 2.05. The number of nitrogens with two attached hydrogens (primary N) is 4. The maximum Gasteiger partial charge on any atom is 0.322 e. The summed E-state index contributed by atoms with van der Waals surface area (Å²) < 4.78 is 0. The second kappa shape index (κ2) is 18.8. The van der Waals surface area contributed by atoms with E-state index in [1.165, 1.54) is 0 Å². The number of carbonyl (C=O) groups is 9. The number of hydrogen-bond donors (Lipinski definition) is 10. The van der Waals surface area contributed by atoms with Crippen molar-refractivity contribution in [3.05, 3.63) is 35.9 Å². The van der Waals surface area contributed by atoms with E-state index in [0.29, 0.717) is 5.56 Å². The minimum absolute atomic E-state index is 0.0351. The Balaban J connectivity index is 2.97. The lowest BCUT2D eigenvalue weighted by Crippen LogP contribution is -2.57. The Morgan fingerprint density at radius 1 is 0.644 bits per heavy atom. The lowest BCUT2D eigenvalue weighted by atomic mass is 10.0. The smallest absolute Gasteiger partial charge is 0.322 e. The molecule has 246 valence electrons. The molecular formula is C26H37N9O10. The summed E-state index contributed by atoms with van der Waals surface area (Å²) in [4.78, 5) is 108. The van der Waals surface area contributed by atoms with Gasteiger partial charge in [-0.15, -0.1) is 0 Å². The summed E-state index contributed by atoms with van der Waals surface area (Å²) in [5.74, 6) is -8.83. The average Bonchev–Trinajstić information content (AvgIpc) is 2.95. The van der Waals surface area contributed by atoms with Crippen LogP contribution in [0, 0.1) is 0 Å². The predicted octanol–water partition coefficient (Wildman–Crippen LogP) is -5.66. The number of nitrogens with one attached hydrogen (secondary N) is 5. The van der Waals surface area contributed by atoms with Crippen molar-refractivity contribution in [3.63, 3.8) is 0 Å². The molecule has 14 N–H and O–H groups in total. The fraction of sp³-hybridized carbons (Fsp3) is 0.423. The first-order valence-electron chi connectivity index (χ1n) is 13.4. The number of rotatable bonds is 20. The van der Waals surface area contributed by atoms with Crippen molar-refractivity contribution in [3.8, 4) is 0 Å². The van der Waals surface area contributed by atoms with E-state index >= 15 is 0 Å². The zero-order valence-corrected chi connectivity index (χ0v) is 24.1. The van der Waals surface area contributed by atoms with Gasteiger partial charge in [0.1, 0.15) is 24.7 Å². The number of hydrogen-bond acceptors (Lipinski definition) is 10. The average molecular weight is 636 g/mol. The Labute approximate surface area is 256 Å². The molecule has 1 rings (SSSR count). The molecule has 0 fully saturated rings. The third-order valence-electron chi connectivity index (χ3n) is 5.88. The molecule has 0 aliphatic carbocycles. The summed E-state index contributed by atoms with van der Waals surface area (Å²) in [6.45, 7) is -1.55. The molecule has 0 aliphatic heterocycles. The molecule has 0 spiro atoms. The summed E-state index contributed by atoms with van der Waals surface area (Å²) in [6, 6.07) is 2.73. The molecule has 1 aromatic rings. The van der Waals surface area contributed by atoms with Gasteiger partial charge < -0.3 is 54.6 Å². The number of carboxylic acid groups (broad SMARTS) is 1. The van der Waals surface area contributed by atoms with E-state index in [9.17, 15) is 43.2 Å². The SMILES string of the molecule is NC(=O)CC[C@H](NC(=O)[C@H](CC(N)=O)NC(=O)CNC(=O)[C@H](Cc1ccccc1)NC(=O)[C@@H](N)CC(N)=O)C(=O)NCC(=O)O. The number of carbonyl (C=O) groups excluding carboxylic acids is 8. The van der Waals surface area contributed by atoms with Crippen molar-refractivity contribution in [2.45, 2.75) is 56.3 Å². The van der Waals surface area contributed by atoms with Gasteiger partial charge in [-0.3, -0.25) is 43.2 Å². The van der Waals surface area contributed by atoms with Gasteiger partial charge in [0.2, 0.25) is 47.3 Å². The van der Waals surface area contributed by atoms with Gasteiger partial charge in [0.05, 0.1) is 25.4 Å². The Kier molecular flexibility index (Phi) is 15.7. The molecule has 0 saturated heterocycles. The van der Waals surface area contributed by atoms with Crippen LogP contribution in [-0.4, -0.2) is 95.6 Å². The maximum absolute atomic E-state index is 13.0. The molecule has 0 radical (unpaired) electrons. The van der Waals surface area contributed by atoms with Crippen LogP contribution in [0.1, 0.15) is 31.2 Å². The van der Waals surface area contributed by atoms with Crippen LogP contribution in [0.3, 0.4) is 0 Å². The van der Waals surface area contributed by atoms with Gasteiger partial charge in [0.15, 0.2) is 0 Å². The molecule has 0 heterocycles. The van der Waals surface area contributed by atoms with Crippen molar-refractivity contribution < 1.29 is 48.3 Å². The van der Waals surface area contributed by atoms with Gasteiger partial charge in [0, 0.05) is 12.8 Å². The van der Waals surface area contributed by atoms with Gasteiger partial charge in [-0.2, -0.15) is 0 Å².